The van der Waals surface area contributed by atoms with Gasteiger partial charge in [-0.25, -0.2) is 9.97 Å². The van der Waals surface area contributed by atoms with Gasteiger partial charge in [0.1, 0.15) is 5.82 Å². The minimum atomic E-state index is -0.231. The van der Waals surface area contributed by atoms with E-state index in [2.05, 4.69) is 15.3 Å². The van der Waals surface area contributed by atoms with Crippen molar-refractivity contribution in [2.24, 2.45) is 0 Å². The first kappa shape index (κ1) is 7.78. The molecule has 1 aromatic rings. The van der Waals surface area contributed by atoms with Gasteiger partial charge < -0.3 is 15.8 Å². The Balaban J connectivity index is 2.53. The topological polar surface area (TPSA) is 90.1 Å². The second kappa shape index (κ2) is 2.58. The van der Waals surface area contributed by atoms with Crippen molar-refractivity contribution in [3.63, 3.8) is 0 Å². The predicted molar refractivity (Wildman–Crippen MR) is 45.3 cm³/mol. The highest BCUT2D eigenvalue weighted by molar-refractivity contribution is 5.95. The van der Waals surface area contributed by atoms with Crippen LogP contribution in [-0.2, 0) is 4.79 Å². The standard InChI is InChI=1S/C7H8N4O2/c1-3-9-6(8)5-7(10-3)11-4(12)2-13-5/h2H2,1H3,(H3,8,9,10,11,12). The fraction of sp³-hybridized carbons (Fsp3) is 0.286. The molecule has 6 heteroatoms. The van der Waals surface area contributed by atoms with Gasteiger partial charge in [0.25, 0.3) is 5.91 Å². The third-order valence-electron chi connectivity index (χ3n) is 1.61. The number of nitrogens with one attached hydrogen (secondary N) is 1. The van der Waals surface area contributed by atoms with Gasteiger partial charge in [0.2, 0.25) is 5.75 Å². The van der Waals surface area contributed by atoms with Gasteiger partial charge in [-0.2, -0.15) is 0 Å². The van der Waals surface area contributed by atoms with Gasteiger partial charge in [-0.3, -0.25) is 4.79 Å². The van der Waals surface area contributed by atoms with E-state index in [4.69, 9.17) is 10.5 Å². The summed E-state index contributed by atoms with van der Waals surface area (Å²) in [5.74, 6) is 1.22. The van der Waals surface area contributed by atoms with Crippen LogP contribution in [0.4, 0.5) is 11.6 Å². The molecule has 13 heavy (non-hydrogen) atoms. The number of carbonyl (C=O) groups is 1. The first-order valence-corrected chi connectivity index (χ1v) is 3.73. The summed E-state index contributed by atoms with van der Waals surface area (Å²) >= 11 is 0. The smallest absolute Gasteiger partial charge is 0.263 e. The van der Waals surface area contributed by atoms with E-state index in [9.17, 15) is 4.79 Å². The molecule has 0 spiro atoms. The van der Waals surface area contributed by atoms with Crippen LogP contribution in [0.25, 0.3) is 0 Å². The van der Waals surface area contributed by atoms with Crippen LogP contribution in [-0.4, -0.2) is 22.5 Å². The van der Waals surface area contributed by atoms with Crippen molar-refractivity contribution < 1.29 is 9.53 Å². The molecule has 0 atom stereocenters. The number of rotatable bonds is 0. The fourth-order valence-corrected chi connectivity index (χ4v) is 1.12. The molecular weight excluding hydrogens is 172 g/mol. The summed E-state index contributed by atoms with van der Waals surface area (Å²) in [6.07, 6.45) is 0. The molecule has 0 aliphatic carbocycles. The van der Waals surface area contributed by atoms with E-state index in [0.717, 1.165) is 0 Å². The van der Waals surface area contributed by atoms with E-state index >= 15 is 0 Å². The third kappa shape index (κ3) is 1.26. The van der Waals surface area contributed by atoms with Crippen LogP contribution in [0.3, 0.4) is 0 Å². The lowest BCUT2D eigenvalue weighted by Gasteiger charge is -2.17. The lowest BCUT2D eigenvalue weighted by Crippen LogP contribution is -2.27. The monoisotopic (exact) mass is 180 g/mol. The van der Waals surface area contributed by atoms with Gasteiger partial charge in [0, 0.05) is 0 Å². The van der Waals surface area contributed by atoms with Crippen molar-refractivity contribution in [2.45, 2.75) is 6.92 Å². The molecule has 0 saturated carbocycles. The highest BCUT2D eigenvalue weighted by Crippen LogP contribution is 2.29. The van der Waals surface area contributed by atoms with Crippen LogP contribution < -0.4 is 15.8 Å². The Kier molecular flexibility index (Phi) is 1.54. The predicted octanol–water partition coefficient (Wildman–Crippen LogP) is -0.302. The van der Waals surface area contributed by atoms with Crippen LogP contribution in [0, 0.1) is 6.92 Å². The van der Waals surface area contributed by atoms with Gasteiger partial charge in [-0.15, -0.1) is 0 Å². The van der Waals surface area contributed by atoms with E-state index < -0.39 is 0 Å². The number of hydrogen-bond donors (Lipinski definition) is 2. The Labute approximate surface area is 74.1 Å². The number of ether oxygens (including phenoxy) is 1. The van der Waals surface area contributed by atoms with Gasteiger partial charge >= 0.3 is 0 Å². The van der Waals surface area contributed by atoms with Crippen LogP contribution in [0.15, 0.2) is 0 Å². The molecule has 2 rings (SSSR count). The Bertz CT molecular complexity index is 377. The van der Waals surface area contributed by atoms with Crippen molar-refractivity contribution in [3.05, 3.63) is 5.82 Å². The minimum absolute atomic E-state index is 0.0381. The summed E-state index contributed by atoms with van der Waals surface area (Å²) in [4.78, 5) is 18.8. The molecule has 6 nitrogen and oxygen atoms in total. The molecule has 1 amide bonds. The van der Waals surface area contributed by atoms with E-state index in [1.54, 1.807) is 6.92 Å². The highest BCUT2D eigenvalue weighted by atomic mass is 16.5. The zero-order valence-corrected chi connectivity index (χ0v) is 7.00. The SMILES string of the molecule is Cc1nc(N)c2c(n1)NC(=O)CO2. The third-order valence-corrected chi connectivity index (χ3v) is 1.61. The molecule has 0 fully saturated rings. The molecule has 1 aliphatic rings. The number of amides is 1. The Morgan fingerprint density at radius 2 is 2.31 bits per heavy atom. The number of carbonyl (C=O) groups excluding carboxylic acids is 1. The first-order chi connectivity index (χ1) is 6.16. The molecule has 3 N–H and O–H groups in total. The zero-order valence-electron chi connectivity index (χ0n) is 7.00. The average Bonchev–Trinajstić information content (AvgIpc) is 2.02. The number of aromatic nitrogens is 2. The zero-order chi connectivity index (χ0) is 9.42. The molecule has 0 unspecified atom stereocenters. The van der Waals surface area contributed by atoms with Crippen LogP contribution in [0.1, 0.15) is 5.82 Å². The summed E-state index contributed by atoms with van der Waals surface area (Å²) in [5.41, 5.74) is 5.56. The molecule has 0 saturated heterocycles. The maximum Gasteiger partial charge on any atom is 0.263 e. The lowest BCUT2D eigenvalue weighted by atomic mass is 10.4. The van der Waals surface area contributed by atoms with Crippen LogP contribution in [0.5, 0.6) is 5.75 Å². The Morgan fingerprint density at radius 1 is 1.54 bits per heavy atom. The molecule has 1 aliphatic heterocycles. The van der Waals surface area contributed by atoms with E-state index in [1.807, 2.05) is 0 Å². The Hall–Kier alpha value is -1.85. The molecule has 0 radical (unpaired) electrons. The maximum absolute atomic E-state index is 10.9. The molecule has 0 aromatic carbocycles. The molecule has 1 aromatic heterocycles. The van der Waals surface area contributed by atoms with Crippen molar-refractivity contribution in [3.8, 4) is 5.75 Å². The van der Waals surface area contributed by atoms with E-state index in [1.165, 1.54) is 0 Å². The maximum atomic E-state index is 10.9. The normalized spacial score (nSPS) is 14.4. The van der Waals surface area contributed by atoms with Crippen LogP contribution >= 0.6 is 0 Å². The summed E-state index contributed by atoms with van der Waals surface area (Å²) in [6, 6.07) is 0. The van der Waals surface area contributed by atoms with Crippen molar-refractivity contribution in [2.75, 3.05) is 17.7 Å². The number of aryl methyl sites for hydroxylation is 1. The minimum Gasteiger partial charge on any atom is -0.476 e. The molecular formula is C7H8N4O2. The fourth-order valence-electron chi connectivity index (χ4n) is 1.12. The lowest BCUT2D eigenvalue weighted by molar-refractivity contribution is -0.118. The van der Waals surface area contributed by atoms with Crippen molar-refractivity contribution in [1.82, 2.24) is 9.97 Å². The van der Waals surface area contributed by atoms with Gasteiger partial charge in [0.05, 0.1) is 0 Å². The number of hydrogen-bond acceptors (Lipinski definition) is 5. The first-order valence-electron chi connectivity index (χ1n) is 3.73. The number of nitrogens with zero attached hydrogens (tertiary/aromatic N) is 2. The van der Waals surface area contributed by atoms with E-state index in [-0.39, 0.29) is 18.3 Å². The average molecular weight is 180 g/mol. The molecule has 2 heterocycles. The second-order valence-corrected chi connectivity index (χ2v) is 2.67. The van der Waals surface area contributed by atoms with E-state index in [0.29, 0.717) is 17.4 Å². The summed E-state index contributed by atoms with van der Waals surface area (Å²) in [5, 5.41) is 2.55. The summed E-state index contributed by atoms with van der Waals surface area (Å²) < 4.78 is 5.06. The number of nitrogen functional groups attached to an aromatic ring is 1. The number of anilines is 2. The Morgan fingerprint density at radius 3 is 3.08 bits per heavy atom. The number of nitrogens with two attached hydrogens (primary N) is 1. The molecule has 0 bridgehead atoms. The summed E-state index contributed by atoms with van der Waals surface area (Å²) in [7, 11) is 0. The van der Waals surface area contributed by atoms with Crippen LogP contribution in [0.2, 0.25) is 0 Å². The van der Waals surface area contributed by atoms with Crippen molar-refractivity contribution in [1.29, 1.82) is 0 Å². The quantitative estimate of drug-likeness (QED) is 0.572. The summed E-state index contributed by atoms with van der Waals surface area (Å²) in [6.45, 7) is 1.65. The van der Waals surface area contributed by atoms with Gasteiger partial charge in [-0.1, -0.05) is 0 Å². The molecule has 68 valence electrons. The second-order valence-electron chi connectivity index (χ2n) is 2.67. The highest BCUT2D eigenvalue weighted by Gasteiger charge is 2.20. The van der Waals surface area contributed by atoms with Gasteiger partial charge in [-0.05, 0) is 6.92 Å². The van der Waals surface area contributed by atoms with Crippen molar-refractivity contribution >= 4 is 17.5 Å². The van der Waals surface area contributed by atoms with Gasteiger partial charge in [0.15, 0.2) is 18.2 Å². The number of fused-ring (bicyclic) bond motifs is 1. The largest absolute Gasteiger partial charge is 0.476 e.